The van der Waals surface area contributed by atoms with Crippen molar-refractivity contribution in [1.82, 2.24) is 35.0 Å². The van der Waals surface area contributed by atoms with Crippen LogP contribution in [0, 0.1) is 10.1 Å². The fraction of sp³-hybridized carbons (Fsp3) is 0.150. The smallest absolute Gasteiger partial charge is 0.291 e. The minimum absolute atomic E-state index is 0.0303. The zero-order chi connectivity index (χ0) is 29.1. The highest BCUT2D eigenvalue weighted by Gasteiger charge is 2.35. The van der Waals surface area contributed by atoms with Gasteiger partial charge in [0, 0.05) is 24.5 Å². The van der Waals surface area contributed by atoms with Crippen molar-refractivity contribution in [2.75, 3.05) is 11.9 Å². The number of sulfonamides is 2. The number of carbonyl (C=O) groups excluding carboxylic acids is 2. The molecule has 210 valence electrons. The Bertz CT molecular complexity index is 1690. The number of hydrogen-bond acceptors (Lipinski definition) is 13. The molecule has 0 aliphatic carbocycles. The molecule has 4 rings (SSSR count). The van der Waals surface area contributed by atoms with Crippen LogP contribution < -0.4 is 25.1 Å². The summed E-state index contributed by atoms with van der Waals surface area (Å²) >= 11 is 0. The maximum Gasteiger partial charge on any atom is 0.291 e. The average Bonchev–Trinajstić information content (AvgIpc) is 2.93. The van der Waals surface area contributed by atoms with Gasteiger partial charge in [-0.1, -0.05) is 6.07 Å². The van der Waals surface area contributed by atoms with Gasteiger partial charge >= 0.3 is 0 Å². The van der Waals surface area contributed by atoms with Crippen molar-refractivity contribution in [2.45, 2.75) is 23.0 Å². The standard InChI is InChI=1S/C20H19N9O9S2/c1-12-23-15-5-6-18(40(36,37)26-25-16(30)11-38-17-10-21-7-8-22-17)24-19(15)20(31)28(12)27-39(34,35)14-4-2-3-13(9-14)29(32)33/h2-10,12,23,26-27H,11H2,1H3,(H,25,30). The van der Waals surface area contributed by atoms with Gasteiger partial charge in [0.05, 0.1) is 21.7 Å². The van der Waals surface area contributed by atoms with Gasteiger partial charge in [-0.15, -0.1) is 9.66 Å². The van der Waals surface area contributed by atoms with E-state index in [1.165, 1.54) is 31.6 Å². The number of nitrogens with zero attached hydrogens (tertiary/aromatic N) is 5. The van der Waals surface area contributed by atoms with Gasteiger partial charge in [-0.2, -0.15) is 0 Å². The monoisotopic (exact) mass is 593 g/mol. The molecule has 0 fully saturated rings. The van der Waals surface area contributed by atoms with E-state index in [9.17, 15) is 36.5 Å². The Morgan fingerprint density at radius 3 is 2.65 bits per heavy atom. The number of anilines is 1. The molecule has 1 aliphatic rings. The first-order chi connectivity index (χ1) is 18.9. The molecule has 2 amide bonds. The van der Waals surface area contributed by atoms with Gasteiger partial charge in [-0.3, -0.25) is 30.1 Å². The van der Waals surface area contributed by atoms with Crippen LogP contribution in [-0.4, -0.2) is 66.3 Å². The lowest BCUT2D eigenvalue weighted by Gasteiger charge is -2.34. The molecule has 0 spiro atoms. The van der Waals surface area contributed by atoms with Gasteiger partial charge in [0.2, 0.25) is 5.88 Å². The summed E-state index contributed by atoms with van der Waals surface area (Å²) in [4.78, 5) is 50.1. The second-order valence-electron chi connectivity index (χ2n) is 7.88. The summed E-state index contributed by atoms with van der Waals surface area (Å²) in [5.74, 6) is -1.88. The number of amides is 2. The predicted octanol–water partition coefficient (Wildman–Crippen LogP) is -0.724. The average molecular weight is 594 g/mol. The number of ether oxygens (including phenoxy) is 1. The van der Waals surface area contributed by atoms with E-state index in [2.05, 4.69) is 20.3 Å². The van der Waals surface area contributed by atoms with Crippen molar-refractivity contribution in [3.8, 4) is 5.88 Å². The fourth-order valence-electron chi connectivity index (χ4n) is 3.23. The van der Waals surface area contributed by atoms with Crippen LogP contribution in [0.4, 0.5) is 11.4 Å². The molecule has 2 aromatic heterocycles. The Morgan fingerprint density at radius 1 is 1.18 bits per heavy atom. The largest absolute Gasteiger partial charge is 0.466 e. The second kappa shape index (κ2) is 11.1. The van der Waals surface area contributed by atoms with E-state index in [0.717, 1.165) is 30.3 Å². The van der Waals surface area contributed by atoms with E-state index in [1.54, 1.807) is 0 Å². The molecule has 0 bridgehead atoms. The van der Waals surface area contributed by atoms with Gasteiger partial charge in [0.15, 0.2) is 17.3 Å². The number of pyridine rings is 1. The number of nitrogens with one attached hydrogen (secondary N) is 4. The van der Waals surface area contributed by atoms with Crippen LogP contribution in [0.1, 0.15) is 17.4 Å². The van der Waals surface area contributed by atoms with Gasteiger partial charge in [-0.25, -0.2) is 31.8 Å². The topological polar surface area (TPSA) is 245 Å². The van der Waals surface area contributed by atoms with Crippen molar-refractivity contribution in [1.29, 1.82) is 0 Å². The van der Waals surface area contributed by atoms with Gasteiger partial charge in [0.25, 0.3) is 37.5 Å². The van der Waals surface area contributed by atoms with E-state index in [4.69, 9.17) is 4.74 Å². The number of hydrogen-bond donors (Lipinski definition) is 4. The number of fused-ring (bicyclic) bond motifs is 1. The van der Waals surface area contributed by atoms with Crippen molar-refractivity contribution < 1.29 is 36.1 Å². The van der Waals surface area contributed by atoms with Crippen LogP contribution in [-0.2, 0) is 24.8 Å². The molecule has 4 N–H and O–H groups in total. The number of hydrazine groups is 2. The molecular formula is C20H19N9O9S2. The predicted molar refractivity (Wildman–Crippen MR) is 133 cm³/mol. The van der Waals surface area contributed by atoms with Gasteiger partial charge < -0.3 is 10.1 Å². The number of benzene rings is 1. The summed E-state index contributed by atoms with van der Waals surface area (Å²) in [7, 11) is -8.98. The third kappa shape index (κ3) is 6.26. The van der Waals surface area contributed by atoms with E-state index in [1.807, 2.05) is 15.1 Å². The van der Waals surface area contributed by atoms with Crippen molar-refractivity contribution in [3.63, 3.8) is 0 Å². The first-order valence-electron chi connectivity index (χ1n) is 10.9. The van der Waals surface area contributed by atoms with Crippen LogP contribution in [0.3, 0.4) is 0 Å². The lowest BCUT2D eigenvalue weighted by molar-refractivity contribution is -0.385. The summed E-state index contributed by atoms with van der Waals surface area (Å²) < 4.78 is 56.1. The highest BCUT2D eigenvalue weighted by atomic mass is 32.2. The third-order valence-electron chi connectivity index (χ3n) is 5.09. The number of aromatic nitrogens is 3. The van der Waals surface area contributed by atoms with Crippen LogP contribution in [0.25, 0.3) is 0 Å². The van der Waals surface area contributed by atoms with Crippen LogP contribution in [0.5, 0.6) is 5.88 Å². The molecule has 3 heterocycles. The molecule has 40 heavy (non-hydrogen) atoms. The Kier molecular flexibility index (Phi) is 7.86. The molecule has 0 saturated heterocycles. The molecule has 20 heteroatoms. The number of rotatable bonds is 10. The number of non-ortho nitro benzene ring substituents is 1. The van der Waals surface area contributed by atoms with Crippen LogP contribution in [0.2, 0.25) is 0 Å². The molecule has 1 aliphatic heterocycles. The minimum Gasteiger partial charge on any atom is -0.466 e. The Hall–Kier alpha value is -4.79. The maximum atomic E-state index is 13.2. The van der Waals surface area contributed by atoms with Crippen molar-refractivity contribution >= 4 is 43.2 Å². The summed E-state index contributed by atoms with van der Waals surface area (Å²) in [6.45, 7) is 0.834. The zero-order valence-electron chi connectivity index (χ0n) is 20.2. The van der Waals surface area contributed by atoms with E-state index < -0.39 is 70.9 Å². The first-order valence-corrected chi connectivity index (χ1v) is 13.9. The lowest BCUT2D eigenvalue weighted by Crippen LogP contribution is -2.56. The molecule has 0 radical (unpaired) electrons. The summed E-state index contributed by atoms with van der Waals surface area (Å²) in [5.41, 5.74) is 1.08. The molecule has 0 saturated carbocycles. The minimum atomic E-state index is -4.49. The highest BCUT2D eigenvalue weighted by Crippen LogP contribution is 2.25. The summed E-state index contributed by atoms with van der Waals surface area (Å²) in [5, 5.41) is 13.8. The Morgan fingerprint density at radius 2 is 1.95 bits per heavy atom. The van der Waals surface area contributed by atoms with E-state index in [0.29, 0.717) is 5.01 Å². The summed E-state index contributed by atoms with van der Waals surface area (Å²) in [6.07, 6.45) is 2.99. The van der Waals surface area contributed by atoms with Crippen molar-refractivity contribution in [2.24, 2.45) is 0 Å². The Balaban J connectivity index is 1.48. The molecule has 3 aromatic rings. The van der Waals surface area contributed by atoms with Crippen LogP contribution in [0.15, 0.2) is 64.9 Å². The molecule has 1 atom stereocenters. The quantitative estimate of drug-likeness (QED) is 0.168. The SMILES string of the molecule is CC1Nc2ccc(S(=O)(=O)NNC(=O)COc3cnccn3)nc2C(=O)N1NS(=O)(=O)c1cccc([N+](=O)[O-])c1. The molecular weight excluding hydrogens is 574 g/mol. The Labute approximate surface area is 226 Å². The molecule has 1 unspecified atom stereocenters. The normalized spacial score (nSPS) is 15.1. The second-order valence-corrected chi connectivity index (χ2v) is 11.2. The van der Waals surface area contributed by atoms with Crippen LogP contribution >= 0.6 is 0 Å². The number of nitro groups is 1. The summed E-state index contributed by atoms with van der Waals surface area (Å²) in [6, 6.07) is 6.45. The number of carbonyl (C=O) groups is 2. The van der Waals surface area contributed by atoms with Crippen molar-refractivity contribution in [3.05, 3.63) is 70.8 Å². The maximum absolute atomic E-state index is 13.2. The fourth-order valence-corrected chi connectivity index (χ4v) is 5.18. The lowest BCUT2D eigenvalue weighted by atomic mass is 10.2. The van der Waals surface area contributed by atoms with E-state index >= 15 is 0 Å². The highest BCUT2D eigenvalue weighted by molar-refractivity contribution is 7.89. The number of nitro benzene ring substituents is 1. The zero-order valence-corrected chi connectivity index (χ0v) is 21.8. The first kappa shape index (κ1) is 28.2. The van der Waals surface area contributed by atoms with E-state index in [-0.39, 0.29) is 11.6 Å². The van der Waals surface area contributed by atoms with Gasteiger partial charge in [-0.05, 0) is 25.1 Å². The third-order valence-corrected chi connectivity index (χ3v) is 7.55. The van der Waals surface area contributed by atoms with Gasteiger partial charge in [0.1, 0.15) is 6.17 Å². The molecule has 18 nitrogen and oxygen atoms in total. The molecule has 1 aromatic carbocycles.